The zero-order valence-electron chi connectivity index (χ0n) is 19.7. The highest BCUT2D eigenvalue weighted by Crippen LogP contribution is 2.33. The molecule has 5 rings (SSSR count). The van der Waals surface area contributed by atoms with E-state index in [4.69, 9.17) is 19.2 Å². The molecule has 0 aliphatic carbocycles. The lowest BCUT2D eigenvalue weighted by molar-refractivity contribution is 0.174. The highest BCUT2D eigenvalue weighted by Gasteiger charge is 2.16. The summed E-state index contributed by atoms with van der Waals surface area (Å²) >= 11 is 7.02. The molecule has 1 aliphatic heterocycles. The van der Waals surface area contributed by atoms with Crippen molar-refractivity contribution in [2.24, 2.45) is 5.10 Å². The monoisotopic (exact) mass is 611 g/mol. The van der Waals surface area contributed by atoms with Gasteiger partial charge in [0.15, 0.2) is 11.5 Å². The van der Waals surface area contributed by atoms with Gasteiger partial charge in [0.2, 0.25) is 6.79 Å². The maximum atomic E-state index is 13.3. The van der Waals surface area contributed by atoms with E-state index >= 15 is 0 Å². The number of ether oxygens (including phenoxy) is 3. The zero-order valence-corrected chi connectivity index (χ0v) is 22.9. The van der Waals surface area contributed by atoms with E-state index in [0.717, 1.165) is 38.0 Å². The topological polar surface area (TPSA) is 74.9 Å². The number of benzene rings is 3. The molecule has 1 aromatic heterocycles. The standard InChI is InChI=1S/C27H23Br2N3O4/c1-3-16(2)26-31-22-7-6-19(28)12-20(22)27(33)32(26)30-13-17-4-8-23(21(29)10-17)34-14-18-5-9-24-25(11-18)36-15-35-24/h4-13,16H,3,14-15H2,1-2H3/t16-/m1/s1. The van der Waals surface area contributed by atoms with Crippen LogP contribution in [-0.2, 0) is 6.61 Å². The van der Waals surface area contributed by atoms with Crippen molar-refractivity contribution in [3.8, 4) is 17.2 Å². The van der Waals surface area contributed by atoms with Gasteiger partial charge in [-0.2, -0.15) is 9.78 Å². The normalized spacial score (nSPS) is 13.4. The largest absolute Gasteiger partial charge is 0.488 e. The molecule has 0 spiro atoms. The van der Waals surface area contributed by atoms with Gasteiger partial charge in [-0.1, -0.05) is 35.8 Å². The van der Waals surface area contributed by atoms with Crippen LogP contribution < -0.4 is 19.8 Å². The summed E-state index contributed by atoms with van der Waals surface area (Å²) in [7, 11) is 0. The molecule has 0 radical (unpaired) electrons. The van der Waals surface area contributed by atoms with E-state index in [1.165, 1.54) is 4.68 Å². The molecule has 0 amide bonds. The van der Waals surface area contributed by atoms with Crippen LogP contribution in [0, 0.1) is 0 Å². The van der Waals surface area contributed by atoms with Gasteiger partial charge in [0.25, 0.3) is 5.56 Å². The van der Waals surface area contributed by atoms with E-state index in [9.17, 15) is 4.79 Å². The van der Waals surface area contributed by atoms with Gasteiger partial charge >= 0.3 is 0 Å². The molecule has 4 aromatic rings. The summed E-state index contributed by atoms with van der Waals surface area (Å²) in [6.07, 6.45) is 2.50. The fraction of sp³-hybridized carbons (Fsp3) is 0.222. The van der Waals surface area contributed by atoms with E-state index in [-0.39, 0.29) is 18.3 Å². The van der Waals surface area contributed by atoms with Crippen LogP contribution in [0.25, 0.3) is 10.9 Å². The molecular weight excluding hydrogens is 590 g/mol. The van der Waals surface area contributed by atoms with Crippen LogP contribution in [0.2, 0.25) is 0 Å². The van der Waals surface area contributed by atoms with Gasteiger partial charge in [-0.15, -0.1) is 0 Å². The molecule has 0 saturated carbocycles. The summed E-state index contributed by atoms with van der Waals surface area (Å²) in [5, 5.41) is 5.05. The van der Waals surface area contributed by atoms with Crippen LogP contribution in [0.4, 0.5) is 0 Å². The summed E-state index contributed by atoms with van der Waals surface area (Å²) in [5.41, 5.74) is 2.25. The molecule has 36 heavy (non-hydrogen) atoms. The smallest absolute Gasteiger partial charge is 0.282 e. The third-order valence-electron chi connectivity index (χ3n) is 6.00. The van der Waals surface area contributed by atoms with Crippen molar-refractivity contribution in [1.82, 2.24) is 9.66 Å². The summed E-state index contributed by atoms with van der Waals surface area (Å²) in [5.74, 6) is 2.87. The maximum absolute atomic E-state index is 13.3. The third-order valence-corrected chi connectivity index (χ3v) is 7.11. The van der Waals surface area contributed by atoms with Gasteiger partial charge in [-0.3, -0.25) is 4.79 Å². The first kappa shape index (κ1) is 24.5. The van der Waals surface area contributed by atoms with Gasteiger partial charge in [0.05, 0.1) is 21.6 Å². The van der Waals surface area contributed by atoms with Crippen LogP contribution in [0.5, 0.6) is 17.2 Å². The molecule has 0 bridgehead atoms. The van der Waals surface area contributed by atoms with Crippen LogP contribution in [0.3, 0.4) is 0 Å². The Hall–Kier alpha value is -3.17. The number of rotatable bonds is 7. The quantitative estimate of drug-likeness (QED) is 0.219. The van der Waals surface area contributed by atoms with E-state index in [1.807, 2.05) is 55.5 Å². The van der Waals surface area contributed by atoms with Gasteiger partial charge in [0.1, 0.15) is 18.2 Å². The first-order valence-corrected chi connectivity index (χ1v) is 13.1. The SMILES string of the molecule is CC[C@@H](C)c1nc2ccc(Br)cc2c(=O)n1N=Cc1ccc(OCc2ccc3c(c2)OCO3)c(Br)c1. The summed E-state index contributed by atoms with van der Waals surface area (Å²) in [4.78, 5) is 18.0. The Morgan fingerprint density at radius 2 is 1.94 bits per heavy atom. The van der Waals surface area contributed by atoms with Crippen molar-refractivity contribution in [3.05, 3.63) is 90.8 Å². The predicted molar refractivity (Wildman–Crippen MR) is 146 cm³/mol. The summed E-state index contributed by atoms with van der Waals surface area (Å²) in [6.45, 7) is 4.73. The van der Waals surface area contributed by atoms with Gasteiger partial charge in [0, 0.05) is 10.4 Å². The Morgan fingerprint density at radius 3 is 2.75 bits per heavy atom. The lowest BCUT2D eigenvalue weighted by Gasteiger charge is -2.14. The average molecular weight is 613 g/mol. The number of fused-ring (bicyclic) bond motifs is 2. The van der Waals surface area contributed by atoms with E-state index in [0.29, 0.717) is 29.1 Å². The van der Waals surface area contributed by atoms with E-state index < -0.39 is 0 Å². The predicted octanol–water partition coefficient (Wildman–Crippen LogP) is 6.62. The molecule has 9 heteroatoms. The Morgan fingerprint density at radius 1 is 1.11 bits per heavy atom. The second-order valence-corrected chi connectivity index (χ2v) is 10.2. The summed E-state index contributed by atoms with van der Waals surface area (Å²) in [6, 6.07) is 16.9. The van der Waals surface area contributed by atoms with Gasteiger partial charge in [-0.05, 0) is 82.0 Å². The molecule has 3 aromatic carbocycles. The van der Waals surface area contributed by atoms with Crippen molar-refractivity contribution in [2.75, 3.05) is 6.79 Å². The van der Waals surface area contributed by atoms with Crippen molar-refractivity contribution < 1.29 is 14.2 Å². The minimum Gasteiger partial charge on any atom is -0.488 e. The Balaban J connectivity index is 1.39. The number of hydrogen-bond acceptors (Lipinski definition) is 6. The van der Waals surface area contributed by atoms with Crippen molar-refractivity contribution in [3.63, 3.8) is 0 Å². The average Bonchev–Trinajstić information content (AvgIpc) is 3.35. The fourth-order valence-corrected chi connectivity index (χ4v) is 4.68. The third kappa shape index (κ3) is 5.03. The Kier molecular flexibility index (Phi) is 7.11. The van der Waals surface area contributed by atoms with Crippen LogP contribution in [0.1, 0.15) is 43.1 Å². The number of aromatic nitrogens is 2. The lowest BCUT2D eigenvalue weighted by atomic mass is 10.1. The van der Waals surface area contributed by atoms with Crippen LogP contribution in [0.15, 0.2) is 73.4 Å². The Bertz CT molecular complexity index is 1530. The minimum absolute atomic E-state index is 0.0709. The van der Waals surface area contributed by atoms with Crippen molar-refractivity contribution in [1.29, 1.82) is 0 Å². The molecular formula is C27H23Br2N3O4. The molecule has 184 valence electrons. The lowest BCUT2D eigenvalue weighted by Crippen LogP contribution is -2.23. The van der Waals surface area contributed by atoms with Crippen LogP contribution >= 0.6 is 31.9 Å². The van der Waals surface area contributed by atoms with Crippen molar-refractivity contribution >= 4 is 49.0 Å². The van der Waals surface area contributed by atoms with Crippen LogP contribution in [-0.4, -0.2) is 22.7 Å². The number of nitrogens with zero attached hydrogens (tertiary/aromatic N) is 3. The minimum atomic E-state index is -0.199. The molecule has 1 aliphatic rings. The van der Waals surface area contributed by atoms with Gasteiger partial charge in [-0.25, -0.2) is 4.98 Å². The van der Waals surface area contributed by atoms with E-state index in [2.05, 4.69) is 43.9 Å². The highest BCUT2D eigenvalue weighted by molar-refractivity contribution is 9.10. The Labute approximate surface area is 225 Å². The van der Waals surface area contributed by atoms with Gasteiger partial charge < -0.3 is 14.2 Å². The molecule has 1 atom stereocenters. The number of hydrogen-bond donors (Lipinski definition) is 0. The zero-order chi connectivity index (χ0) is 25.2. The highest BCUT2D eigenvalue weighted by atomic mass is 79.9. The molecule has 0 saturated heterocycles. The molecule has 2 heterocycles. The second kappa shape index (κ2) is 10.4. The maximum Gasteiger partial charge on any atom is 0.282 e. The fourth-order valence-electron chi connectivity index (χ4n) is 3.81. The van der Waals surface area contributed by atoms with Crippen molar-refractivity contribution in [2.45, 2.75) is 32.8 Å². The second-order valence-electron chi connectivity index (χ2n) is 8.47. The number of halogens is 2. The molecule has 0 fully saturated rings. The van der Waals surface area contributed by atoms with E-state index in [1.54, 1.807) is 12.3 Å². The molecule has 7 nitrogen and oxygen atoms in total. The first-order chi connectivity index (χ1) is 17.4. The summed E-state index contributed by atoms with van der Waals surface area (Å²) < 4.78 is 19.8. The molecule has 0 N–H and O–H groups in total. The first-order valence-electron chi connectivity index (χ1n) is 11.5. The molecule has 0 unspecified atom stereocenters.